The van der Waals surface area contributed by atoms with E-state index in [2.05, 4.69) is 5.10 Å². The van der Waals surface area contributed by atoms with Crippen LogP contribution in [0.2, 0.25) is 5.02 Å². The zero-order valence-electron chi connectivity index (χ0n) is 11.2. The fourth-order valence-corrected chi connectivity index (χ4v) is 2.28. The summed E-state index contributed by atoms with van der Waals surface area (Å²) in [5, 5.41) is 13.4. The van der Waals surface area contributed by atoms with Crippen molar-refractivity contribution in [2.24, 2.45) is 7.05 Å². The van der Waals surface area contributed by atoms with Crippen LogP contribution in [-0.4, -0.2) is 40.2 Å². The van der Waals surface area contributed by atoms with Crippen molar-refractivity contribution >= 4 is 17.6 Å². The lowest BCUT2D eigenvalue weighted by Gasteiger charge is -2.27. The molecule has 2 aromatic rings. The summed E-state index contributed by atoms with van der Waals surface area (Å²) in [6.07, 6.45) is 0.0451. The van der Waals surface area contributed by atoms with Gasteiger partial charge in [0, 0.05) is 12.6 Å². The number of hydrogen-bond acceptors (Lipinski definition) is 4. The van der Waals surface area contributed by atoms with Gasteiger partial charge in [-0.1, -0.05) is 11.6 Å². The summed E-state index contributed by atoms with van der Waals surface area (Å²) in [4.78, 5) is 10.9. The fourth-order valence-electron chi connectivity index (χ4n) is 2.06. The molecule has 0 bridgehead atoms. The van der Waals surface area contributed by atoms with E-state index in [1.807, 2.05) is 6.07 Å². The molecule has 0 unspecified atom stereocenters. The second-order valence-electron chi connectivity index (χ2n) is 4.77. The Morgan fingerprint density at radius 3 is 2.76 bits per heavy atom. The summed E-state index contributed by atoms with van der Waals surface area (Å²) < 4.78 is 12.2. The van der Waals surface area contributed by atoms with Gasteiger partial charge in [0.05, 0.1) is 23.9 Å². The van der Waals surface area contributed by atoms with Crippen molar-refractivity contribution in [3.05, 3.63) is 35.0 Å². The summed E-state index contributed by atoms with van der Waals surface area (Å²) >= 11 is 6.21. The molecule has 1 fully saturated rings. The molecule has 1 aromatic carbocycles. The lowest BCUT2D eigenvalue weighted by atomic mass is 10.1. The number of carboxylic acid groups (broad SMARTS) is 1. The van der Waals surface area contributed by atoms with Gasteiger partial charge in [-0.05, 0) is 24.3 Å². The summed E-state index contributed by atoms with van der Waals surface area (Å²) in [6, 6.07) is 6.83. The van der Waals surface area contributed by atoms with Crippen molar-refractivity contribution < 1.29 is 19.4 Å². The minimum Gasteiger partial charge on any atom is -0.484 e. The lowest BCUT2D eigenvalue weighted by Crippen LogP contribution is -2.38. The number of rotatable bonds is 4. The van der Waals surface area contributed by atoms with E-state index in [9.17, 15) is 4.79 Å². The molecular formula is C14H13ClN2O4. The Kier molecular flexibility index (Phi) is 3.57. The maximum Gasteiger partial charge on any atom is 0.356 e. The number of carboxylic acids is 1. The minimum atomic E-state index is -1.06. The van der Waals surface area contributed by atoms with E-state index in [0.717, 1.165) is 5.56 Å². The third kappa shape index (κ3) is 2.72. The van der Waals surface area contributed by atoms with Crippen LogP contribution in [0.5, 0.6) is 5.75 Å². The van der Waals surface area contributed by atoms with E-state index in [-0.39, 0.29) is 11.8 Å². The summed E-state index contributed by atoms with van der Waals surface area (Å²) in [5.41, 5.74) is 1.45. The Hall–Kier alpha value is -2.05. The zero-order chi connectivity index (χ0) is 15.0. The minimum absolute atomic E-state index is 0.00411. The first-order chi connectivity index (χ1) is 10.0. The Balaban J connectivity index is 1.88. The van der Waals surface area contributed by atoms with Crippen molar-refractivity contribution in [2.75, 3.05) is 13.2 Å². The number of benzene rings is 1. The van der Waals surface area contributed by atoms with Crippen LogP contribution in [0, 0.1) is 0 Å². The fraction of sp³-hybridized carbons (Fsp3) is 0.286. The first-order valence-corrected chi connectivity index (χ1v) is 6.74. The molecule has 1 aliphatic heterocycles. The van der Waals surface area contributed by atoms with E-state index < -0.39 is 5.97 Å². The molecule has 1 aromatic heterocycles. The summed E-state index contributed by atoms with van der Waals surface area (Å²) in [5.74, 6) is -0.470. The number of nitrogens with zero attached hydrogens (tertiary/aromatic N) is 2. The SMILES string of the molecule is Cn1nc(C(=O)O)cc1-c1ccc(OC2COC2)c(Cl)c1. The van der Waals surface area contributed by atoms with Crippen LogP contribution >= 0.6 is 11.6 Å². The number of ether oxygens (including phenoxy) is 2. The van der Waals surface area contributed by atoms with Gasteiger partial charge in [0.25, 0.3) is 0 Å². The van der Waals surface area contributed by atoms with Crippen LogP contribution in [0.3, 0.4) is 0 Å². The van der Waals surface area contributed by atoms with Gasteiger partial charge in [0.2, 0.25) is 0 Å². The molecular weight excluding hydrogens is 296 g/mol. The summed E-state index contributed by atoms with van der Waals surface area (Å²) in [6.45, 7) is 1.14. The van der Waals surface area contributed by atoms with E-state index in [4.69, 9.17) is 26.2 Å². The average Bonchev–Trinajstić information content (AvgIpc) is 2.77. The second-order valence-corrected chi connectivity index (χ2v) is 5.17. The average molecular weight is 309 g/mol. The largest absolute Gasteiger partial charge is 0.484 e. The highest BCUT2D eigenvalue weighted by atomic mass is 35.5. The van der Waals surface area contributed by atoms with Gasteiger partial charge in [-0.3, -0.25) is 4.68 Å². The van der Waals surface area contributed by atoms with Crippen molar-refractivity contribution in [1.29, 1.82) is 0 Å². The molecule has 6 nitrogen and oxygen atoms in total. The highest BCUT2D eigenvalue weighted by Crippen LogP contribution is 2.31. The lowest BCUT2D eigenvalue weighted by molar-refractivity contribution is -0.0796. The number of aromatic nitrogens is 2. The predicted octanol–water partition coefficient (Wildman–Crippen LogP) is 2.22. The first-order valence-electron chi connectivity index (χ1n) is 6.36. The molecule has 1 N–H and O–H groups in total. The van der Waals surface area contributed by atoms with Crippen molar-refractivity contribution in [1.82, 2.24) is 9.78 Å². The molecule has 3 rings (SSSR count). The van der Waals surface area contributed by atoms with Crippen LogP contribution in [0.4, 0.5) is 0 Å². The number of aromatic carboxylic acids is 1. The van der Waals surface area contributed by atoms with Gasteiger partial charge in [-0.25, -0.2) is 4.79 Å². The third-order valence-electron chi connectivity index (χ3n) is 3.23. The smallest absolute Gasteiger partial charge is 0.356 e. The molecule has 1 aliphatic rings. The van der Waals surface area contributed by atoms with Crippen LogP contribution in [0.1, 0.15) is 10.5 Å². The predicted molar refractivity (Wildman–Crippen MR) is 75.8 cm³/mol. The Labute approximate surface area is 125 Å². The monoisotopic (exact) mass is 308 g/mol. The Morgan fingerprint density at radius 2 is 2.24 bits per heavy atom. The molecule has 0 spiro atoms. The molecule has 21 heavy (non-hydrogen) atoms. The molecule has 0 saturated carbocycles. The van der Waals surface area contributed by atoms with Crippen LogP contribution < -0.4 is 4.74 Å². The van der Waals surface area contributed by atoms with E-state index >= 15 is 0 Å². The topological polar surface area (TPSA) is 73.6 Å². The van der Waals surface area contributed by atoms with Crippen molar-refractivity contribution in [2.45, 2.75) is 6.10 Å². The number of carbonyl (C=O) groups is 1. The van der Waals surface area contributed by atoms with Gasteiger partial charge in [-0.2, -0.15) is 5.10 Å². The molecule has 0 atom stereocenters. The summed E-state index contributed by atoms with van der Waals surface area (Å²) in [7, 11) is 1.69. The van der Waals surface area contributed by atoms with E-state index in [1.54, 1.807) is 19.2 Å². The van der Waals surface area contributed by atoms with Crippen LogP contribution in [-0.2, 0) is 11.8 Å². The van der Waals surface area contributed by atoms with Gasteiger partial charge < -0.3 is 14.6 Å². The van der Waals surface area contributed by atoms with E-state index in [1.165, 1.54) is 10.7 Å². The number of aryl methyl sites for hydroxylation is 1. The van der Waals surface area contributed by atoms with E-state index in [0.29, 0.717) is 29.7 Å². The Bertz CT molecular complexity index is 694. The second kappa shape index (κ2) is 5.38. The first kappa shape index (κ1) is 13.9. The van der Waals surface area contributed by atoms with Crippen LogP contribution in [0.15, 0.2) is 24.3 Å². The maximum absolute atomic E-state index is 10.9. The van der Waals surface area contributed by atoms with Gasteiger partial charge in [0.15, 0.2) is 5.69 Å². The van der Waals surface area contributed by atoms with Crippen LogP contribution in [0.25, 0.3) is 11.3 Å². The normalized spacial score (nSPS) is 14.8. The molecule has 1 saturated heterocycles. The third-order valence-corrected chi connectivity index (χ3v) is 3.52. The molecule has 0 aliphatic carbocycles. The number of hydrogen-bond donors (Lipinski definition) is 1. The molecule has 2 heterocycles. The molecule has 0 radical (unpaired) electrons. The zero-order valence-corrected chi connectivity index (χ0v) is 12.0. The van der Waals surface area contributed by atoms with Gasteiger partial charge in [-0.15, -0.1) is 0 Å². The van der Waals surface area contributed by atoms with Crippen molar-refractivity contribution in [3.8, 4) is 17.0 Å². The molecule has 110 valence electrons. The van der Waals surface area contributed by atoms with Gasteiger partial charge in [0.1, 0.15) is 11.9 Å². The molecule has 7 heteroatoms. The highest BCUT2D eigenvalue weighted by molar-refractivity contribution is 6.32. The number of halogens is 1. The standard InChI is InChI=1S/C14H13ClN2O4/c1-17-12(5-11(16-17)14(18)19)8-2-3-13(10(15)4-8)21-9-6-20-7-9/h2-5,9H,6-7H2,1H3,(H,18,19). The molecule has 0 amide bonds. The highest BCUT2D eigenvalue weighted by Gasteiger charge is 2.21. The maximum atomic E-state index is 10.9. The van der Waals surface area contributed by atoms with Crippen molar-refractivity contribution in [3.63, 3.8) is 0 Å². The van der Waals surface area contributed by atoms with Gasteiger partial charge >= 0.3 is 5.97 Å². The quantitative estimate of drug-likeness (QED) is 0.937. The Morgan fingerprint density at radius 1 is 1.48 bits per heavy atom.